The summed E-state index contributed by atoms with van der Waals surface area (Å²) in [5.74, 6) is 0.702. The van der Waals surface area contributed by atoms with Gasteiger partial charge in [-0.2, -0.15) is 11.3 Å². The topological polar surface area (TPSA) is 69.7 Å². The van der Waals surface area contributed by atoms with Crippen molar-refractivity contribution in [2.75, 3.05) is 18.4 Å². The highest BCUT2D eigenvalue weighted by atomic mass is 32.1. The SMILES string of the molecule is CCCNc1ncc(CN2CCc3[nH]cnc3C2c2ccsc2)cn1. The maximum Gasteiger partial charge on any atom is 0.222 e. The highest BCUT2D eigenvalue weighted by molar-refractivity contribution is 7.08. The molecule has 0 fully saturated rings. The molecule has 6 nitrogen and oxygen atoms in total. The summed E-state index contributed by atoms with van der Waals surface area (Å²) in [5, 5.41) is 7.57. The maximum atomic E-state index is 4.60. The molecule has 1 atom stereocenters. The molecule has 0 saturated heterocycles. The monoisotopic (exact) mass is 354 g/mol. The highest BCUT2D eigenvalue weighted by Crippen LogP contribution is 2.35. The Morgan fingerprint density at radius 3 is 2.96 bits per heavy atom. The van der Waals surface area contributed by atoms with Gasteiger partial charge in [-0.15, -0.1) is 0 Å². The molecular formula is C18H22N6S. The van der Waals surface area contributed by atoms with Crippen molar-refractivity contribution in [1.29, 1.82) is 0 Å². The number of hydrogen-bond acceptors (Lipinski definition) is 6. The second kappa shape index (κ2) is 7.33. The third-order valence-electron chi connectivity index (χ3n) is 4.51. The Balaban J connectivity index is 1.55. The molecule has 2 N–H and O–H groups in total. The summed E-state index contributed by atoms with van der Waals surface area (Å²) in [6, 6.07) is 2.39. The van der Waals surface area contributed by atoms with Crippen LogP contribution in [0.15, 0.2) is 35.5 Å². The van der Waals surface area contributed by atoms with Crippen LogP contribution in [0.5, 0.6) is 0 Å². The Morgan fingerprint density at radius 2 is 2.20 bits per heavy atom. The minimum Gasteiger partial charge on any atom is -0.354 e. The molecule has 4 rings (SSSR count). The fourth-order valence-electron chi connectivity index (χ4n) is 3.29. The zero-order chi connectivity index (χ0) is 17.1. The molecule has 0 radical (unpaired) electrons. The number of aromatic amines is 1. The number of anilines is 1. The fourth-order valence-corrected chi connectivity index (χ4v) is 3.97. The van der Waals surface area contributed by atoms with E-state index in [1.54, 1.807) is 11.3 Å². The van der Waals surface area contributed by atoms with Crippen molar-refractivity contribution in [3.8, 4) is 0 Å². The summed E-state index contributed by atoms with van der Waals surface area (Å²) in [6.07, 6.45) is 7.72. The summed E-state index contributed by atoms with van der Waals surface area (Å²) in [6.45, 7) is 4.84. The van der Waals surface area contributed by atoms with Crippen LogP contribution in [-0.2, 0) is 13.0 Å². The summed E-state index contributed by atoms with van der Waals surface area (Å²) in [5.41, 5.74) is 4.83. The molecule has 4 heterocycles. The molecule has 1 unspecified atom stereocenters. The summed E-state index contributed by atoms with van der Waals surface area (Å²) < 4.78 is 0. The zero-order valence-electron chi connectivity index (χ0n) is 14.3. The van der Waals surface area contributed by atoms with Gasteiger partial charge in [0.1, 0.15) is 0 Å². The van der Waals surface area contributed by atoms with E-state index in [1.165, 1.54) is 11.3 Å². The van der Waals surface area contributed by atoms with E-state index >= 15 is 0 Å². The molecule has 0 bridgehead atoms. The summed E-state index contributed by atoms with van der Waals surface area (Å²) >= 11 is 1.73. The van der Waals surface area contributed by atoms with E-state index in [0.29, 0.717) is 5.95 Å². The van der Waals surface area contributed by atoms with Gasteiger partial charge in [0, 0.05) is 49.7 Å². The van der Waals surface area contributed by atoms with Crippen LogP contribution in [0.3, 0.4) is 0 Å². The van der Waals surface area contributed by atoms with Gasteiger partial charge in [0.2, 0.25) is 5.95 Å². The van der Waals surface area contributed by atoms with Crippen LogP contribution in [0.4, 0.5) is 5.95 Å². The fraction of sp³-hybridized carbons (Fsp3) is 0.389. The van der Waals surface area contributed by atoms with E-state index < -0.39 is 0 Å². The number of imidazole rings is 1. The predicted molar refractivity (Wildman–Crippen MR) is 99.7 cm³/mol. The Morgan fingerprint density at radius 1 is 1.32 bits per heavy atom. The van der Waals surface area contributed by atoms with Crippen LogP contribution in [0.2, 0.25) is 0 Å². The number of nitrogens with one attached hydrogen (secondary N) is 2. The summed E-state index contributed by atoms with van der Waals surface area (Å²) in [4.78, 5) is 19.2. The minimum absolute atomic E-state index is 0.194. The third kappa shape index (κ3) is 3.43. The number of H-pyrrole nitrogens is 1. The quantitative estimate of drug-likeness (QED) is 0.711. The largest absolute Gasteiger partial charge is 0.354 e. The van der Waals surface area contributed by atoms with Crippen LogP contribution in [0, 0.1) is 0 Å². The van der Waals surface area contributed by atoms with E-state index in [0.717, 1.165) is 43.7 Å². The first-order chi connectivity index (χ1) is 12.3. The van der Waals surface area contributed by atoms with Crippen LogP contribution >= 0.6 is 11.3 Å². The molecule has 0 aliphatic carbocycles. The van der Waals surface area contributed by atoms with Gasteiger partial charge in [-0.3, -0.25) is 4.90 Å². The van der Waals surface area contributed by atoms with Crippen molar-refractivity contribution in [3.63, 3.8) is 0 Å². The molecule has 1 aliphatic rings. The molecule has 0 spiro atoms. The third-order valence-corrected chi connectivity index (χ3v) is 5.21. The van der Waals surface area contributed by atoms with E-state index in [-0.39, 0.29) is 6.04 Å². The number of hydrogen-bond donors (Lipinski definition) is 2. The highest BCUT2D eigenvalue weighted by Gasteiger charge is 2.31. The van der Waals surface area contributed by atoms with Crippen molar-refractivity contribution in [2.45, 2.75) is 32.4 Å². The maximum absolute atomic E-state index is 4.60. The number of nitrogens with zero attached hydrogens (tertiary/aromatic N) is 4. The Labute approximate surface area is 151 Å². The number of rotatable bonds is 6. The van der Waals surface area contributed by atoms with Crippen molar-refractivity contribution < 1.29 is 0 Å². The standard InChI is InChI=1S/C18H22N6S/c1-2-5-19-18-20-8-13(9-21-18)10-24-6-3-15-16(23-12-22-15)17(24)14-4-7-25-11-14/h4,7-9,11-12,17H,2-3,5-6,10H2,1H3,(H,22,23)(H,19,20,21). The predicted octanol–water partition coefficient (Wildman–Crippen LogP) is 3.23. The Bertz CT molecular complexity index is 795. The van der Waals surface area contributed by atoms with Crippen molar-refractivity contribution >= 4 is 17.3 Å². The van der Waals surface area contributed by atoms with Crippen LogP contribution in [-0.4, -0.2) is 37.9 Å². The van der Waals surface area contributed by atoms with E-state index in [2.05, 4.69) is 53.9 Å². The molecule has 1 aliphatic heterocycles. The van der Waals surface area contributed by atoms with Crippen LogP contribution < -0.4 is 5.32 Å². The molecule has 25 heavy (non-hydrogen) atoms. The molecule has 7 heteroatoms. The van der Waals surface area contributed by atoms with Crippen molar-refractivity contribution in [3.05, 3.63) is 58.1 Å². The first-order valence-electron chi connectivity index (χ1n) is 8.68. The molecule has 0 saturated carbocycles. The van der Waals surface area contributed by atoms with Gasteiger partial charge in [0.05, 0.1) is 18.1 Å². The number of aromatic nitrogens is 4. The first-order valence-corrected chi connectivity index (χ1v) is 9.62. The smallest absolute Gasteiger partial charge is 0.222 e. The minimum atomic E-state index is 0.194. The first kappa shape index (κ1) is 16.2. The molecule has 3 aromatic rings. The molecule has 0 aromatic carbocycles. The summed E-state index contributed by atoms with van der Waals surface area (Å²) in [7, 11) is 0. The normalized spacial score (nSPS) is 17.4. The van der Waals surface area contributed by atoms with Gasteiger partial charge in [-0.05, 0) is 28.8 Å². The van der Waals surface area contributed by atoms with Crippen molar-refractivity contribution in [1.82, 2.24) is 24.8 Å². The number of fused-ring (bicyclic) bond motifs is 1. The lowest BCUT2D eigenvalue weighted by molar-refractivity contribution is 0.200. The number of thiophene rings is 1. The zero-order valence-corrected chi connectivity index (χ0v) is 15.1. The molecular weight excluding hydrogens is 332 g/mol. The van der Waals surface area contributed by atoms with Gasteiger partial charge in [-0.25, -0.2) is 15.0 Å². The average Bonchev–Trinajstić information content (AvgIpc) is 3.32. The second-order valence-corrected chi connectivity index (χ2v) is 7.07. The lowest BCUT2D eigenvalue weighted by atomic mass is 9.97. The molecule has 3 aromatic heterocycles. The average molecular weight is 354 g/mol. The lowest BCUT2D eigenvalue weighted by Gasteiger charge is -2.34. The molecule has 130 valence electrons. The van der Waals surface area contributed by atoms with E-state index in [4.69, 9.17) is 0 Å². The second-order valence-electron chi connectivity index (χ2n) is 6.29. The van der Waals surface area contributed by atoms with Crippen molar-refractivity contribution in [2.24, 2.45) is 0 Å². The van der Waals surface area contributed by atoms with Gasteiger partial charge >= 0.3 is 0 Å². The van der Waals surface area contributed by atoms with Crippen LogP contribution in [0.25, 0.3) is 0 Å². The van der Waals surface area contributed by atoms with Gasteiger partial charge in [0.25, 0.3) is 0 Å². The van der Waals surface area contributed by atoms with Gasteiger partial charge in [0.15, 0.2) is 0 Å². The van der Waals surface area contributed by atoms with Gasteiger partial charge in [-0.1, -0.05) is 6.92 Å². The van der Waals surface area contributed by atoms with E-state index in [9.17, 15) is 0 Å². The lowest BCUT2D eigenvalue weighted by Crippen LogP contribution is -2.35. The molecule has 0 amide bonds. The Kier molecular flexibility index (Phi) is 4.76. The Hall–Kier alpha value is -2.25. The van der Waals surface area contributed by atoms with E-state index in [1.807, 2.05) is 18.7 Å². The van der Waals surface area contributed by atoms with Crippen LogP contribution in [0.1, 0.15) is 41.9 Å². The van der Waals surface area contributed by atoms with Gasteiger partial charge < -0.3 is 10.3 Å².